The van der Waals surface area contributed by atoms with Gasteiger partial charge in [0.05, 0.1) is 11.5 Å². The summed E-state index contributed by atoms with van der Waals surface area (Å²) < 4.78 is 65.7. The average Bonchev–Trinajstić information content (AvgIpc) is 2.65. The SMILES string of the molecule is CCc1cc2ccc(C(C)(C#N)Cc3cccc(S(F)(F)(F)(F)F)c3)cc2[nH]c1=O. The number of aromatic amines is 1. The fourth-order valence-corrected chi connectivity index (χ4v) is 4.07. The molecule has 0 aliphatic carbocycles. The molecular formula is C21H19F5N2OS. The van der Waals surface area contributed by atoms with E-state index in [0.717, 1.165) is 11.5 Å². The minimum absolute atomic E-state index is 0.0419. The summed E-state index contributed by atoms with van der Waals surface area (Å²) in [4.78, 5) is 12.8. The minimum Gasteiger partial charge on any atom is -0.322 e. The summed E-state index contributed by atoms with van der Waals surface area (Å²) in [5.74, 6) is 0. The lowest BCUT2D eigenvalue weighted by molar-refractivity contribution is 0.363. The number of nitriles is 1. The van der Waals surface area contributed by atoms with Crippen molar-refractivity contribution in [3.05, 3.63) is 75.6 Å². The molecule has 0 saturated carbocycles. The van der Waals surface area contributed by atoms with Gasteiger partial charge in [-0.3, -0.25) is 4.79 Å². The number of nitrogens with zero attached hydrogens (tertiary/aromatic N) is 1. The van der Waals surface area contributed by atoms with E-state index >= 15 is 0 Å². The Labute approximate surface area is 169 Å². The number of H-pyrrole nitrogens is 1. The standard InChI is InChI=1S/C21H19F5N2OS/c1-3-15-10-16-7-8-17(11-19(16)28-20(15)29)21(2,13-27)12-14-5-4-6-18(9-14)30(22,23,24,25)26/h4-11H,3,12H2,1-2H3,(H,28,29). The molecule has 1 unspecified atom stereocenters. The largest absolute Gasteiger partial charge is 0.322 e. The molecule has 1 aromatic heterocycles. The summed E-state index contributed by atoms with van der Waals surface area (Å²) in [5.41, 5.74) is -0.0625. The second-order valence-electron chi connectivity index (χ2n) is 7.52. The van der Waals surface area contributed by atoms with Crippen molar-refractivity contribution in [2.75, 3.05) is 0 Å². The van der Waals surface area contributed by atoms with Gasteiger partial charge < -0.3 is 4.98 Å². The minimum atomic E-state index is -9.82. The van der Waals surface area contributed by atoms with Gasteiger partial charge >= 0.3 is 10.2 Å². The lowest BCUT2D eigenvalue weighted by atomic mass is 9.78. The summed E-state index contributed by atoms with van der Waals surface area (Å²) in [6, 6.07) is 11.7. The van der Waals surface area contributed by atoms with Crippen LogP contribution >= 0.6 is 10.2 Å². The third kappa shape index (κ3) is 4.33. The quantitative estimate of drug-likeness (QED) is 0.443. The summed E-state index contributed by atoms with van der Waals surface area (Å²) in [7, 11) is -9.82. The van der Waals surface area contributed by atoms with Crippen LogP contribution in [-0.2, 0) is 18.3 Å². The molecule has 0 bridgehead atoms. The molecule has 1 heterocycles. The zero-order valence-corrected chi connectivity index (χ0v) is 17.0. The van der Waals surface area contributed by atoms with Gasteiger partial charge in [0.15, 0.2) is 0 Å². The third-order valence-electron chi connectivity index (χ3n) is 5.09. The van der Waals surface area contributed by atoms with Gasteiger partial charge in [0, 0.05) is 11.1 Å². The number of hydrogen-bond donors (Lipinski definition) is 1. The van der Waals surface area contributed by atoms with E-state index in [1.807, 2.05) is 6.92 Å². The molecule has 1 atom stereocenters. The van der Waals surface area contributed by atoms with Gasteiger partial charge in [-0.25, -0.2) is 0 Å². The highest BCUT2D eigenvalue weighted by molar-refractivity contribution is 8.45. The van der Waals surface area contributed by atoms with Crippen LogP contribution in [0.4, 0.5) is 19.4 Å². The molecule has 30 heavy (non-hydrogen) atoms. The van der Waals surface area contributed by atoms with Gasteiger partial charge in [0.25, 0.3) is 5.56 Å². The van der Waals surface area contributed by atoms with Crippen molar-refractivity contribution in [3.63, 3.8) is 0 Å². The number of aromatic nitrogens is 1. The molecule has 0 radical (unpaired) electrons. The van der Waals surface area contributed by atoms with Gasteiger partial charge in [-0.05, 0) is 60.5 Å². The van der Waals surface area contributed by atoms with Crippen molar-refractivity contribution in [1.82, 2.24) is 4.98 Å². The van der Waals surface area contributed by atoms with Crippen LogP contribution in [0.2, 0.25) is 0 Å². The first-order chi connectivity index (χ1) is 13.6. The number of halogens is 5. The third-order valence-corrected chi connectivity index (χ3v) is 6.23. The maximum Gasteiger partial charge on any atom is 0.310 e. The Morgan fingerprint density at radius 2 is 1.77 bits per heavy atom. The lowest BCUT2D eigenvalue weighted by Crippen LogP contribution is -2.23. The van der Waals surface area contributed by atoms with Crippen molar-refractivity contribution in [2.24, 2.45) is 0 Å². The van der Waals surface area contributed by atoms with E-state index in [-0.39, 0.29) is 17.5 Å². The highest BCUT2D eigenvalue weighted by atomic mass is 32.5. The first kappa shape index (κ1) is 21.8. The van der Waals surface area contributed by atoms with Gasteiger partial charge in [0.1, 0.15) is 4.90 Å². The van der Waals surface area contributed by atoms with E-state index < -0.39 is 20.5 Å². The predicted molar refractivity (Wildman–Crippen MR) is 108 cm³/mol. The van der Waals surface area contributed by atoms with E-state index in [0.29, 0.717) is 35.2 Å². The van der Waals surface area contributed by atoms with E-state index in [4.69, 9.17) is 0 Å². The van der Waals surface area contributed by atoms with E-state index in [9.17, 15) is 29.5 Å². The Morgan fingerprint density at radius 1 is 1.07 bits per heavy atom. The zero-order chi connectivity index (χ0) is 22.4. The zero-order valence-electron chi connectivity index (χ0n) is 16.2. The monoisotopic (exact) mass is 442 g/mol. The molecular weight excluding hydrogens is 423 g/mol. The van der Waals surface area contributed by atoms with Gasteiger partial charge in [-0.1, -0.05) is 50.6 Å². The molecule has 160 valence electrons. The fraction of sp³-hybridized carbons (Fsp3) is 0.238. The maximum absolute atomic E-state index is 13.1. The topological polar surface area (TPSA) is 56.6 Å². The van der Waals surface area contributed by atoms with E-state index in [2.05, 4.69) is 11.1 Å². The van der Waals surface area contributed by atoms with E-state index in [1.165, 1.54) is 13.0 Å². The molecule has 3 rings (SSSR count). The number of rotatable bonds is 5. The molecule has 0 saturated heterocycles. The summed E-state index contributed by atoms with van der Waals surface area (Å²) in [6.07, 6.45) is 0.333. The number of hydrogen-bond acceptors (Lipinski definition) is 2. The van der Waals surface area contributed by atoms with Crippen LogP contribution in [0.5, 0.6) is 0 Å². The molecule has 0 fully saturated rings. The number of fused-ring (bicyclic) bond motifs is 1. The maximum atomic E-state index is 13.1. The predicted octanol–water partition coefficient (Wildman–Crippen LogP) is 6.77. The summed E-state index contributed by atoms with van der Waals surface area (Å²) in [6.45, 7) is 3.36. The first-order valence-electron chi connectivity index (χ1n) is 9.06. The Morgan fingerprint density at radius 3 is 2.37 bits per heavy atom. The molecule has 3 nitrogen and oxygen atoms in total. The molecule has 1 N–H and O–H groups in total. The van der Waals surface area contributed by atoms with Crippen LogP contribution in [-0.4, -0.2) is 4.98 Å². The highest BCUT2D eigenvalue weighted by Gasteiger charge is 2.65. The van der Waals surface area contributed by atoms with Crippen LogP contribution < -0.4 is 5.56 Å². The van der Waals surface area contributed by atoms with Gasteiger partial charge in [0.2, 0.25) is 0 Å². The van der Waals surface area contributed by atoms with Gasteiger partial charge in [-0.2, -0.15) is 5.26 Å². The van der Waals surface area contributed by atoms with E-state index in [1.54, 1.807) is 24.3 Å². The van der Waals surface area contributed by atoms with Crippen molar-refractivity contribution < 1.29 is 19.4 Å². The summed E-state index contributed by atoms with van der Waals surface area (Å²) in [5, 5.41) is 10.5. The smallest absolute Gasteiger partial charge is 0.310 e. The average molecular weight is 442 g/mol. The lowest BCUT2D eigenvalue weighted by Gasteiger charge is -2.40. The number of aryl methyl sites for hydroxylation is 1. The fourth-order valence-electron chi connectivity index (χ4n) is 3.36. The second kappa shape index (κ2) is 6.32. The molecule has 0 aliphatic rings. The summed E-state index contributed by atoms with van der Waals surface area (Å²) >= 11 is 0. The molecule has 0 amide bonds. The number of pyridine rings is 1. The number of benzene rings is 2. The highest BCUT2D eigenvalue weighted by Crippen LogP contribution is 3.02. The van der Waals surface area contributed by atoms with Crippen LogP contribution in [0.25, 0.3) is 10.9 Å². The molecule has 3 aromatic rings. The first-order valence-corrected chi connectivity index (χ1v) is 11.0. The van der Waals surface area contributed by atoms with Crippen molar-refractivity contribution in [1.29, 1.82) is 5.26 Å². The molecule has 0 aliphatic heterocycles. The Kier molecular flexibility index (Phi) is 4.60. The van der Waals surface area contributed by atoms with Crippen molar-refractivity contribution in [3.8, 4) is 6.07 Å². The Balaban J connectivity index is 2.05. The van der Waals surface area contributed by atoms with Crippen molar-refractivity contribution >= 4 is 21.1 Å². The Hall–Kier alpha value is -2.86. The second-order valence-corrected chi connectivity index (χ2v) is 9.93. The Bertz CT molecular complexity index is 1250. The molecule has 2 aromatic carbocycles. The molecule has 0 spiro atoms. The van der Waals surface area contributed by atoms with Gasteiger partial charge in [-0.15, -0.1) is 0 Å². The number of nitrogens with one attached hydrogen (secondary N) is 1. The normalized spacial score (nSPS) is 16.3. The van der Waals surface area contributed by atoms with Crippen LogP contribution in [0.15, 0.2) is 58.2 Å². The van der Waals surface area contributed by atoms with Crippen LogP contribution in [0.1, 0.15) is 30.5 Å². The molecule has 9 heteroatoms. The van der Waals surface area contributed by atoms with Crippen molar-refractivity contribution in [2.45, 2.75) is 37.0 Å². The van der Waals surface area contributed by atoms with Crippen LogP contribution in [0, 0.1) is 11.3 Å². The van der Waals surface area contributed by atoms with Crippen LogP contribution in [0.3, 0.4) is 0 Å².